The topological polar surface area (TPSA) is 131 Å². The van der Waals surface area contributed by atoms with E-state index in [9.17, 15) is 9.59 Å². The SMILES string of the molecule is CNC(=O)c1ccc(-c2nn(C(C)C3Nc4ccccc4C(=O)N3C3CCC3)c3ncnc(N)c23)cc1. The number of nitrogens with one attached hydrogen (secondary N) is 2. The van der Waals surface area contributed by atoms with Gasteiger partial charge in [-0.2, -0.15) is 5.10 Å². The van der Waals surface area contributed by atoms with Gasteiger partial charge in [-0.1, -0.05) is 24.3 Å². The molecule has 0 saturated heterocycles. The quantitative estimate of drug-likeness (QED) is 0.386. The summed E-state index contributed by atoms with van der Waals surface area (Å²) in [5.74, 6) is 0.192. The minimum Gasteiger partial charge on any atom is -0.383 e. The van der Waals surface area contributed by atoms with Gasteiger partial charge >= 0.3 is 0 Å². The maximum absolute atomic E-state index is 13.6. The minimum atomic E-state index is -0.324. The molecule has 2 aromatic heterocycles. The Bertz CT molecular complexity index is 1510. The lowest BCUT2D eigenvalue weighted by molar-refractivity contribution is 0.0374. The molecule has 37 heavy (non-hydrogen) atoms. The molecule has 10 heteroatoms. The number of rotatable bonds is 5. The lowest BCUT2D eigenvalue weighted by Gasteiger charge is -2.47. The Labute approximate surface area is 213 Å². The van der Waals surface area contributed by atoms with Gasteiger partial charge in [-0.05, 0) is 50.5 Å². The van der Waals surface area contributed by atoms with Crippen LogP contribution in [-0.4, -0.2) is 55.7 Å². The van der Waals surface area contributed by atoms with E-state index in [4.69, 9.17) is 10.8 Å². The summed E-state index contributed by atoms with van der Waals surface area (Å²) in [7, 11) is 1.60. The first-order valence-corrected chi connectivity index (χ1v) is 12.5. The normalized spacial score (nSPS) is 18.2. The molecule has 188 valence electrons. The van der Waals surface area contributed by atoms with Gasteiger partial charge in [0.1, 0.15) is 24.0 Å². The fraction of sp³-hybridized carbons (Fsp3) is 0.296. The van der Waals surface area contributed by atoms with Gasteiger partial charge < -0.3 is 21.3 Å². The number of nitrogens with two attached hydrogens (primary N) is 1. The van der Waals surface area contributed by atoms with Crippen molar-refractivity contribution in [2.45, 2.75) is 44.4 Å². The molecule has 1 fully saturated rings. The average molecular weight is 497 g/mol. The van der Waals surface area contributed by atoms with Crippen LogP contribution in [0.25, 0.3) is 22.3 Å². The highest BCUT2D eigenvalue weighted by molar-refractivity contribution is 6.02. The Morgan fingerprint density at radius 1 is 1.14 bits per heavy atom. The Morgan fingerprint density at radius 2 is 1.89 bits per heavy atom. The Kier molecular flexibility index (Phi) is 5.51. The maximum atomic E-state index is 13.6. The maximum Gasteiger partial charge on any atom is 0.257 e. The van der Waals surface area contributed by atoms with E-state index in [0.717, 1.165) is 30.5 Å². The molecule has 2 aromatic carbocycles. The zero-order chi connectivity index (χ0) is 25.7. The van der Waals surface area contributed by atoms with E-state index in [-0.39, 0.29) is 30.1 Å². The number of aromatic nitrogens is 4. The van der Waals surface area contributed by atoms with Gasteiger partial charge in [0.2, 0.25) is 0 Å². The minimum absolute atomic E-state index is 0.0338. The highest BCUT2D eigenvalue weighted by atomic mass is 16.2. The van der Waals surface area contributed by atoms with Crippen LogP contribution >= 0.6 is 0 Å². The molecule has 2 unspecified atom stereocenters. The van der Waals surface area contributed by atoms with Gasteiger partial charge in [0.25, 0.3) is 11.8 Å². The van der Waals surface area contributed by atoms with Crippen molar-refractivity contribution in [1.29, 1.82) is 0 Å². The predicted octanol–water partition coefficient (Wildman–Crippen LogP) is 3.44. The second-order valence-corrected chi connectivity index (χ2v) is 9.58. The third kappa shape index (κ3) is 3.67. The van der Waals surface area contributed by atoms with E-state index in [0.29, 0.717) is 33.7 Å². The first-order valence-electron chi connectivity index (χ1n) is 12.5. The van der Waals surface area contributed by atoms with Crippen LogP contribution in [0.3, 0.4) is 0 Å². The molecule has 10 nitrogen and oxygen atoms in total. The molecular weight excluding hydrogens is 468 g/mol. The van der Waals surface area contributed by atoms with Crippen molar-refractivity contribution in [3.8, 4) is 11.3 Å². The molecule has 0 bridgehead atoms. The molecule has 1 saturated carbocycles. The van der Waals surface area contributed by atoms with Crippen LogP contribution in [0, 0.1) is 0 Å². The third-order valence-electron chi connectivity index (χ3n) is 7.47. The summed E-state index contributed by atoms with van der Waals surface area (Å²) in [5.41, 5.74) is 10.4. The van der Waals surface area contributed by atoms with Gasteiger partial charge in [0.15, 0.2) is 5.65 Å². The van der Waals surface area contributed by atoms with E-state index >= 15 is 0 Å². The number of hydrogen-bond acceptors (Lipinski definition) is 7. The molecule has 6 rings (SSSR count). The Morgan fingerprint density at radius 3 is 2.59 bits per heavy atom. The summed E-state index contributed by atoms with van der Waals surface area (Å²) in [4.78, 5) is 36.4. The van der Waals surface area contributed by atoms with E-state index in [1.807, 2.05) is 52.9 Å². The summed E-state index contributed by atoms with van der Waals surface area (Å²) in [6.07, 6.45) is 4.19. The molecular formula is C27H28N8O2. The van der Waals surface area contributed by atoms with Gasteiger partial charge in [0.05, 0.1) is 17.0 Å². The Hall–Kier alpha value is -4.47. The second kappa shape index (κ2) is 8.88. The van der Waals surface area contributed by atoms with E-state index in [2.05, 4.69) is 20.6 Å². The van der Waals surface area contributed by atoms with Crippen molar-refractivity contribution in [2.75, 3.05) is 18.1 Å². The number of anilines is 2. The highest BCUT2D eigenvalue weighted by Crippen LogP contribution is 2.38. The van der Waals surface area contributed by atoms with E-state index in [1.54, 1.807) is 19.2 Å². The molecule has 1 aliphatic heterocycles. The lowest BCUT2D eigenvalue weighted by atomic mass is 9.88. The van der Waals surface area contributed by atoms with Crippen molar-refractivity contribution in [3.05, 3.63) is 66.0 Å². The molecule has 2 aliphatic rings. The van der Waals surface area contributed by atoms with Crippen molar-refractivity contribution >= 4 is 34.4 Å². The third-order valence-corrected chi connectivity index (χ3v) is 7.47. The van der Waals surface area contributed by atoms with Crippen molar-refractivity contribution in [2.24, 2.45) is 0 Å². The molecule has 2 amide bonds. The fourth-order valence-corrected chi connectivity index (χ4v) is 5.24. The van der Waals surface area contributed by atoms with E-state index < -0.39 is 0 Å². The summed E-state index contributed by atoms with van der Waals surface area (Å²) in [6.45, 7) is 2.04. The number of hydrogen-bond donors (Lipinski definition) is 3. The monoisotopic (exact) mass is 496 g/mol. The first-order chi connectivity index (χ1) is 18.0. The molecule has 4 N–H and O–H groups in total. The Balaban J connectivity index is 1.45. The van der Waals surface area contributed by atoms with Crippen molar-refractivity contribution < 1.29 is 9.59 Å². The van der Waals surface area contributed by atoms with Crippen LogP contribution in [0.1, 0.15) is 52.9 Å². The van der Waals surface area contributed by atoms with Crippen molar-refractivity contribution in [3.63, 3.8) is 0 Å². The molecule has 1 aliphatic carbocycles. The highest BCUT2D eigenvalue weighted by Gasteiger charge is 2.42. The molecule has 0 spiro atoms. The number of nitrogen functional groups attached to an aromatic ring is 1. The summed E-state index contributed by atoms with van der Waals surface area (Å²) < 4.78 is 1.83. The zero-order valence-corrected chi connectivity index (χ0v) is 20.7. The molecule has 2 atom stereocenters. The molecule has 4 aromatic rings. The number of amides is 2. The van der Waals surface area contributed by atoms with Crippen molar-refractivity contribution in [1.82, 2.24) is 30.0 Å². The van der Waals surface area contributed by atoms with Gasteiger partial charge in [-0.15, -0.1) is 0 Å². The predicted molar refractivity (Wildman–Crippen MR) is 141 cm³/mol. The standard InChI is InChI=1S/C27H28N8O2/c1-15(24-32-20-9-4-3-8-19(20)27(37)34(24)18-6-5-7-18)35-25-21(23(28)30-14-31-25)22(33-35)16-10-12-17(13-11-16)26(36)29-2/h3-4,8-15,18,24,32H,5-7H2,1-2H3,(H,29,36)(H2,28,30,31). The number of benzene rings is 2. The summed E-state index contributed by atoms with van der Waals surface area (Å²) in [5, 5.41) is 11.8. The van der Waals surface area contributed by atoms with Crippen LogP contribution < -0.4 is 16.4 Å². The fourth-order valence-electron chi connectivity index (χ4n) is 5.24. The average Bonchev–Trinajstić information content (AvgIpc) is 3.29. The number of para-hydroxylation sites is 1. The van der Waals surface area contributed by atoms with Crippen LogP contribution in [0.4, 0.5) is 11.5 Å². The van der Waals surface area contributed by atoms with Gasteiger partial charge in [-0.3, -0.25) is 9.59 Å². The van der Waals surface area contributed by atoms with Crippen LogP contribution in [0.15, 0.2) is 54.9 Å². The lowest BCUT2D eigenvalue weighted by Crippen LogP contribution is -2.58. The van der Waals surface area contributed by atoms with E-state index in [1.165, 1.54) is 6.33 Å². The second-order valence-electron chi connectivity index (χ2n) is 9.58. The number of fused-ring (bicyclic) bond motifs is 2. The number of nitrogens with zero attached hydrogens (tertiary/aromatic N) is 5. The van der Waals surface area contributed by atoms with Gasteiger partial charge in [-0.25, -0.2) is 14.6 Å². The summed E-state index contributed by atoms with van der Waals surface area (Å²) >= 11 is 0. The first kappa shape index (κ1) is 23.0. The van der Waals surface area contributed by atoms with Crippen LogP contribution in [0.2, 0.25) is 0 Å². The number of carbonyl (C=O) groups excluding carboxylic acids is 2. The largest absolute Gasteiger partial charge is 0.383 e. The van der Waals surface area contributed by atoms with Crippen LogP contribution in [-0.2, 0) is 0 Å². The van der Waals surface area contributed by atoms with Gasteiger partial charge in [0, 0.05) is 29.9 Å². The molecule has 3 heterocycles. The summed E-state index contributed by atoms with van der Waals surface area (Å²) in [6, 6.07) is 14.7. The number of carbonyl (C=O) groups is 2. The zero-order valence-electron chi connectivity index (χ0n) is 20.7. The smallest absolute Gasteiger partial charge is 0.257 e. The van der Waals surface area contributed by atoms with Crippen LogP contribution in [0.5, 0.6) is 0 Å². The molecule has 0 radical (unpaired) electrons.